The van der Waals surface area contributed by atoms with E-state index in [1.54, 1.807) is 6.20 Å². The zero-order valence-electron chi connectivity index (χ0n) is 17.1. The van der Waals surface area contributed by atoms with E-state index >= 15 is 0 Å². The number of nitrogens with one attached hydrogen (secondary N) is 1. The van der Waals surface area contributed by atoms with E-state index in [9.17, 15) is 8.42 Å². The van der Waals surface area contributed by atoms with Gasteiger partial charge in [0.25, 0.3) is 0 Å². The van der Waals surface area contributed by atoms with Crippen molar-refractivity contribution < 1.29 is 8.42 Å². The van der Waals surface area contributed by atoms with Gasteiger partial charge in [-0.05, 0) is 58.7 Å². The van der Waals surface area contributed by atoms with Gasteiger partial charge in [0.2, 0.25) is 10.0 Å². The number of fused-ring (bicyclic) bond motifs is 1. The quantitative estimate of drug-likeness (QED) is 0.625. The monoisotopic (exact) mass is 393 g/mol. The van der Waals surface area contributed by atoms with Crippen LogP contribution in [0.25, 0.3) is 16.7 Å². The topological polar surface area (TPSA) is 46.2 Å². The Hall–Kier alpha value is -2.59. The lowest BCUT2D eigenvalue weighted by Crippen LogP contribution is -2.16. The lowest BCUT2D eigenvalue weighted by Gasteiger charge is -2.11. The van der Waals surface area contributed by atoms with Crippen LogP contribution >= 0.6 is 0 Å². The summed E-state index contributed by atoms with van der Waals surface area (Å²) in [6.45, 7) is 8.62. The molecule has 0 unspecified atom stereocenters. The van der Waals surface area contributed by atoms with Crippen LogP contribution < -0.4 is 4.72 Å². The number of hydrogen-bond donors (Lipinski definition) is 1. The van der Waals surface area contributed by atoms with Gasteiger partial charge in [0, 0.05) is 11.8 Å². The summed E-state index contributed by atoms with van der Waals surface area (Å²) in [5.41, 5.74) is 8.90. The van der Waals surface area contributed by atoms with Crippen LogP contribution in [0.3, 0.4) is 0 Å². The van der Waals surface area contributed by atoms with E-state index in [1.165, 1.54) is 28.5 Å². The van der Waals surface area contributed by atoms with Crippen molar-refractivity contribution in [2.45, 2.75) is 33.6 Å². The number of aryl methyl sites for hydroxylation is 2. The zero-order chi connectivity index (χ0) is 20.5. The molecule has 0 saturated heterocycles. The first-order valence-corrected chi connectivity index (χ1v) is 11.3. The van der Waals surface area contributed by atoms with Crippen molar-refractivity contribution in [1.82, 2.24) is 4.72 Å². The molecule has 146 valence electrons. The van der Waals surface area contributed by atoms with Crippen LogP contribution in [-0.4, -0.2) is 14.7 Å². The molecule has 2 aliphatic rings. The van der Waals surface area contributed by atoms with Crippen LogP contribution in [0.5, 0.6) is 0 Å². The summed E-state index contributed by atoms with van der Waals surface area (Å²) in [6, 6.07) is 18.7. The van der Waals surface area contributed by atoms with Gasteiger partial charge in [0.05, 0.1) is 6.26 Å². The first-order valence-electron chi connectivity index (χ1n) is 9.44. The summed E-state index contributed by atoms with van der Waals surface area (Å²) >= 11 is 0. The van der Waals surface area contributed by atoms with Crippen molar-refractivity contribution in [3.8, 4) is 11.1 Å². The van der Waals surface area contributed by atoms with E-state index in [0.717, 1.165) is 22.3 Å². The molecule has 1 aromatic carbocycles. The molecular formula is C24H27NO2S. The summed E-state index contributed by atoms with van der Waals surface area (Å²) in [4.78, 5) is 0. The van der Waals surface area contributed by atoms with Crippen LogP contribution in [0.2, 0.25) is 0 Å². The van der Waals surface area contributed by atoms with Gasteiger partial charge in [-0.25, -0.2) is 8.42 Å². The zero-order valence-corrected chi connectivity index (χ0v) is 17.9. The number of sulfonamides is 1. The van der Waals surface area contributed by atoms with Crippen LogP contribution in [0.4, 0.5) is 0 Å². The Morgan fingerprint density at radius 1 is 0.964 bits per heavy atom. The molecule has 0 spiro atoms. The van der Waals surface area contributed by atoms with Crippen molar-refractivity contribution in [2.24, 2.45) is 0 Å². The lowest BCUT2D eigenvalue weighted by atomic mass is 9.94. The minimum atomic E-state index is -3.35. The average Bonchev–Trinajstić information content (AvgIpc) is 2.82. The van der Waals surface area contributed by atoms with Crippen molar-refractivity contribution in [3.63, 3.8) is 0 Å². The van der Waals surface area contributed by atoms with Gasteiger partial charge in [-0.2, -0.15) is 0 Å². The fourth-order valence-corrected chi connectivity index (χ4v) is 3.84. The predicted octanol–water partition coefficient (Wildman–Crippen LogP) is 5.47. The standard InChI is InChI=1S/C24H27NO2S/c1-16(2)20-12-11-17(3)24-21(14-20)18(4)13-22(24)23(15-25-28(5,26)27)19-9-7-6-8-10-19/h6-16,25H,1-5H3/b23-15-. The van der Waals surface area contributed by atoms with Gasteiger partial charge in [-0.15, -0.1) is 0 Å². The molecule has 1 aromatic rings. The largest absolute Gasteiger partial charge is 0.290 e. The minimum Gasteiger partial charge on any atom is -0.290 e. The summed E-state index contributed by atoms with van der Waals surface area (Å²) in [5, 5.41) is 0. The van der Waals surface area contributed by atoms with Gasteiger partial charge in [-0.1, -0.05) is 68.4 Å². The second-order valence-corrected chi connectivity index (χ2v) is 9.44. The number of hydrogen-bond acceptors (Lipinski definition) is 2. The van der Waals surface area contributed by atoms with Crippen LogP contribution in [0.1, 0.15) is 47.6 Å². The fraction of sp³-hybridized carbons (Fsp3) is 0.250. The van der Waals surface area contributed by atoms with Crippen molar-refractivity contribution >= 4 is 15.6 Å². The maximum Gasteiger partial charge on any atom is 0.229 e. The molecule has 0 radical (unpaired) electrons. The molecular weight excluding hydrogens is 366 g/mol. The lowest BCUT2D eigenvalue weighted by molar-refractivity contribution is 0.596. The van der Waals surface area contributed by atoms with Crippen molar-refractivity contribution in [3.05, 3.63) is 88.6 Å². The molecule has 3 rings (SSSR count). The molecule has 0 amide bonds. The second kappa shape index (κ2) is 7.80. The molecule has 3 nitrogen and oxygen atoms in total. The highest BCUT2D eigenvalue weighted by atomic mass is 32.2. The molecule has 28 heavy (non-hydrogen) atoms. The van der Waals surface area contributed by atoms with Crippen LogP contribution in [-0.2, 0) is 10.0 Å². The van der Waals surface area contributed by atoms with E-state index < -0.39 is 10.0 Å². The van der Waals surface area contributed by atoms with E-state index in [0.29, 0.717) is 5.92 Å². The summed E-state index contributed by atoms with van der Waals surface area (Å²) in [7, 11) is -3.35. The first-order chi connectivity index (χ1) is 13.2. The smallest absolute Gasteiger partial charge is 0.229 e. The normalized spacial score (nSPS) is 12.6. The fourth-order valence-electron chi connectivity index (χ4n) is 3.51. The van der Waals surface area contributed by atoms with E-state index in [2.05, 4.69) is 56.7 Å². The van der Waals surface area contributed by atoms with E-state index in [-0.39, 0.29) is 0 Å². The molecule has 4 heteroatoms. The van der Waals surface area contributed by atoms with Gasteiger partial charge in [0.15, 0.2) is 0 Å². The van der Waals surface area contributed by atoms with Gasteiger partial charge < -0.3 is 0 Å². The SMILES string of the molecule is Cc1cc(/C(=C\NS(C)(=O)=O)c2ccccc2)c2c(C)ccc(C(C)C)cc1-2. The van der Waals surface area contributed by atoms with Gasteiger partial charge >= 0.3 is 0 Å². The Balaban J connectivity index is 2.28. The molecule has 0 bridgehead atoms. The highest BCUT2D eigenvalue weighted by Gasteiger charge is 2.20. The van der Waals surface area contributed by atoms with Crippen molar-refractivity contribution in [1.29, 1.82) is 0 Å². The molecule has 0 aromatic heterocycles. The molecule has 2 aliphatic carbocycles. The number of rotatable bonds is 5. The molecule has 0 atom stereocenters. The van der Waals surface area contributed by atoms with Crippen molar-refractivity contribution in [2.75, 3.05) is 6.26 Å². The predicted molar refractivity (Wildman–Crippen MR) is 118 cm³/mol. The Bertz CT molecular complexity index is 1100. The molecule has 0 fully saturated rings. The maximum absolute atomic E-state index is 11.7. The summed E-state index contributed by atoms with van der Waals surface area (Å²) in [6.07, 6.45) is 2.77. The Morgan fingerprint density at radius 3 is 2.25 bits per heavy atom. The Morgan fingerprint density at radius 2 is 1.64 bits per heavy atom. The molecule has 1 N–H and O–H groups in total. The Labute approximate surface area is 168 Å². The minimum absolute atomic E-state index is 0.434. The second-order valence-electron chi connectivity index (χ2n) is 7.66. The average molecular weight is 394 g/mol. The highest BCUT2D eigenvalue weighted by Crippen LogP contribution is 2.41. The summed E-state index contributed by atoms with van der Waals surface area (Å²) < 4.78 is 26.1. The maximum atomic E-state index is 11.7. The third kappa shape index (κ3) is 4.28. The Kier molecular flexibility index (Phi) is 5.61. The van der Waals surface area contributed by atoms with Gasteiger partial charge in [-0.3, -0.25) is 4.72 Å². The third-order valence-corrected chi connectivity index (χ3v) is 5.56. The van der Waals surface area contributed by atoms with E-state index in [4.69, 9.17) is 0 Å². The molecule has 0 heterocycles. The third-order valence-electron chi connectivity index (χ3n) is 5.01. The molecule has 0 saturated carbocycles. The molecule has 0 aliphatic heterocycles. The first kappa shape index (κ1) is 20.2. The highest BCUT2D eigenvalue weighted by molar-refractivity contribution is 7.88. The van der Waals surface area contributed by atoms with E-state index in [1.807, 2.05) is 30.3 Å². The number of benzene rings is 1. The van der Waals surface area contributed by atoms with Crippen LogP contribution in [0.15, 0.2) is 60.8 Å². The summed E-state index contributed by atoms with van der Waals surface area (Å²) in [5.74, 6) is 0.434. The van der Waals surface area contributed by atoms with Gasteiger partial charge in [0.1, 0.15) is 0 Å². The van der Waals surface area contributed by atoms with Crippen LogP contribution in [0, 0.1) is 13.8 Å².